The number of anilines is 2. The van der Waals surface area contributed by atoms with Crippen LogP contribution in [-0.4, -0.2) is 20.4 Å². The van der Waals surface area contributed by atoms with E-state index in [2.05, 4.69) is 15.3 Å². The zero-order valence-electron chi connectivity index (χ0n) is 11.5. The molecule has 0 fully saturated rings. The number of amides is 1. The first-order valence-corrected chi connectivity index (χ1v) is 7.43. The van der Waals surface area contributed by atoms with Gasteiger partial charge in [-0.1, -0.05) is 18.3 Å². The number of nitrogen functional groups attached to an aromatic ring is 1. The molecule has 108 valence electrons. The van der Waals surface area contributed by atoms with Crippen LogP contribution in [0.2, 0.25) is 0 Å². The molecule has 1 aromatic carbocycles. The maximum atomic E-state index is 12.1. The van der Waals surface area contributed by atoms with E-state index in [0.717, 1.165) is 22.5 Å². The van der Waals surface area contributed by atoms with E-state index in [9.17, 15) is 4.79 Å². The van der Waals surface area contributed by atoms with Crippen molar-refractivity contribution in [3.8, 4) is 0 Å². The van der Waals surface area contributed by atoms with E-state index >= 15 is 0 Å². The molecular weight excluding hydrogens is 286 g/mol. The predicted molar refractivity (Wildman–Crippen MR) is 84.3 cm³/mol. The lowest BCUT2D eigenvalue weighted by molar-refractivity contribution is -0.116. The molecule has 0 radical (unpaired) electrons. The second-order valence-corrected chi connectivity index (χ2v) is 5.65. The van der Waals surface area contributed by atoms with Crippen LogP contribution in [0.4, 0.5) is 10.8 Å². The van der Waals surface area contributed by atoms with Gasteiger partial charge in [-0.3, -0.25) is 4.79 Å². The maximum Gasteiger partial charge on any atom is 0.246 e. The number of imidazole rings is 1. The van der Waals surface area contributed by atoms with Crippen LogP contribution in [0.15, 0.2) is 30.6 Å². The van der Waals surface area contributed by atoms with E-state index in [1.54, 1.807) is 18.5 Å². The Morgan fingerprint density at radius 2 is 2.33 bits per heavy atom. The topological polar surface area (TPSA) is 85.8 Å². The van der Waals surface area contributed by atoms with Crippen molar-refractivity contribution in [1.82, 2.24) is 14.5 Å². The molecule has 0 saturated heterocycles. The van der Waals surface area contributed by atoms with Gasteiger partial charge in [-0.25, -0.2) is 9.97 Å². The van der Waals surface area contributed by atoms with Crippen molar-refractivity contribution in [2.75, 3.05) is 11.1 Å². The Balaban J connectivity index is 1.74. The van der Waals surface area contributed by atoms with Crippen molar-refractivity contribution >= 4 is 38.3 Å². The number of aromatic nitrogens is 3. The van der Waals surface area contributed by atoms with Gasteiger partial charge in [-0.15, -0.1) is 0 Å². The minimum absolute atomic E-state index is 0.116. The average Bonchev–Trinajstić information content (AvgIpc) is 3.03. The predicted octanol–water partition coefficient (Wildman–Crippen LogP) is 2.28. The van der Waals surface area contributed by atoms with Gasteiger partial charge in [0.1, 0.15) is 12.4 Å². The van der Waals surface area contributed by atoms with Gasteiger partial charge in [0, 0.05) is 24.5 Å². The lowest BCUT2D eigenvalue weighted by Crippen LogP contribution is -2.19. The number of benzene rings is 1. The molecule has 0 unspecified atom stereocenters. The number of rotatable bonds is 4. The lowest BCUT2D eigenvalue weighted by atomic mass is 10.3. The van der Waals surface area contributed by atoms with Gasteiger partial charge in [0.2, 0.25) is 5.91 Å². The third-order valence-corrected chi connectivity index (χ3v) is 4.02. The molecule has 1 amide bonds. The third-order valence-electron chi connectivity index (χ3n) is 3.09. The maximum absolute atomic E-state index is 12.1. The first kappa shape index (κ1) is 13.6. The highest BCUT2D eigenvalue weighted by molar-refractivity contribution is 7.22. The molecular formula is C14H15N5OS. The number of thiazole rings is 1. The standard InChI is InChI=1S/C14H15N5OS/c1-2-12-16-5-6-19(12)8-13(20)18-14-17-10-4-3-9(15)7-11(10)21-14/h3-7H,2,8,15H2,1H3,(H,17,18,20). The highest BCUT2D eigenvalue weighted by atomic mass is 32.1. The van der Waals surface area contributed by atoms with Crippen molar-refractivity contribution in [1.29, 1.82) is 0 Å². The Morgan fingerprint density at radius 3 is 3.14 bits per heavy atom. The molecule has 2 aromatic heterocycles. The summed E-state index contributed by atoms with van der Waals surface area (Å²) in [5.41, 5.74) is 7.26. The van der Waals surface area contributed by atoms with Crippen LogP contribution in [0.25, 0.3) is 10.2 Å². The summed E-state index contributed by atoms with van der Waals surface area (Å²) in [6.07, 6.45) is 4.30. The van der Waals surface area contributed by atoms with Gasteiger partial charge in [-0.2, -0.15) is 0 Å². The number of fused-ring (bicyclic) bond motifs is 1. The fourth-order valence-corrected chi connectivity index (χ4v) is 3.04. The summed E-state index contributed by atoms with van der Waals surface area (Å²) in [6.45, 7) is 2.25. The Kier molecular flexibility index (Phi) is 3.57. The molecule has 21 heavy (non-hydrogen) atoms. The third kappa shape index (κ3) is 2.87. The number of aryl methyl sites for hydroxylation is 1. The van der Waals surface area contributed by atoms with Crippen LogP contribution in [-0.2, 0) is 17.8 Å². The van der Waals surface area contributed by atoms with Crippen LogP contribution in [0.1, 0.15) is 12.7 Å². The van der Waals surface area contributed by atoms with Gasteiger partial charge in [0.25, 0.3) is 0 Å². The molecule has 0 saturated carbocycles. The Hall–Kier alpha value is -2.41. The molecule has 2 heterocycles. The van der Waals surface area contributed by atoms with Gasteiger partial charge < -0.3 is 15.6 Å². The first-order chi connectivity index (χ1) is 10.2. The molecule has 6 nitrogen and oxygen atoms in total. The zero-order chi connectivity index (χ0) is 14.8. The fraction of sp³-hybridized carbons (Fsp3) is 0.214. The molecule has 0 bridgehead atoms. The smallest absolute Gasteiger partial charge is 0.246 e. The summed E-state index contributed by atoms with van der Waals surface area (Å²) in [6, 6.07) is 5.50. The van der Waals surface area contributed by atoms with Crippen LogP contribution >= 0.6 is 11.3 Å². The second-order valence-electron chi connectivity index (χ2n) is 4.62. The second kappa shape index (κ2) is 5.53. The van der Waals surface area contributed by atoms with Crippen LogP contribution in [0, 0.1) is 0 Å². The largest absolute Gasteiger partial charge is 0.399 e. The summed E-state index contributed by atoms with van der Waals surface area (Å²) < 4.78 is 2.79. The quantitative estimate of drug-likeness (QED) is 0.724. The Morgan fingerprint density at radius 1 is 1.48 bits per heavy atom. The normalized spacial score (nSPS) is 10.9. The Bertz CT molecular complexity index is 792. The molecule has 0 aliphatic rings. The molecule has 7 heteroatoms. The molecule has 3 rings (SSSR count). The summed E-state index contributed by atoms with van der Waals surface area (Å²) in [5.74, 6) is 0.775. The first-order valence-electron chi connectivity index (χ1n) is 6.61. The van der Waals surface area contributed by atoms with E-state index in [-0.39, 0.29) is 12.5 Å². The molecule has 0 atom stereocenters. The minimum atomic E-state index is -0.116. The van der Waals surface area contributed by atoms with Gasteiger partial charge in [-0.05, 0) is 18.2 Å². The van der Waals surface area contributed by atoms with E-state index in [1.807, 2.05) is 23.6 Å². The van der Waals surface area contributed by atoms with Crippen LogP contribution < -0.4 is 11.1 Å². The van der Waals surface area contributed by atoms with Gasteiger partial charge in [0.15, 0.2) is 5.13 Å². The van der Waals surface area contributed by atoms with Crippen molar-refractivity contribution in [2.45, 2.75) is 19.9 Å². The fourth-order valence-electron chi connectivity index (χ4n) is 2.11. The monoisotopic (exact) mass is 301 g/mol. The summed E-state index contributed by atoms with van der Waals surface area (Å²) in [4.78, 5) is 20.6. The number of nitrogens with zero attached hydrogens (tertiary/aromatic N) is 3. The van der Waals surface area contributed by atoms with Crippen molar-refractivity contribution in [3.63, 3.8) is 0 Å². The van der Waals surface area contributed by atoms with E-state index in [4.69, 9.17) is 5.73 Å². The molecule has 0 spiro atoms. The number of nitrogens with one attached hydrogen (secondary N) is 1. The highest BCUT2D eigenvalue weighted by Gasteiger charge is 2.10. The summed E-state index contributed by atoms with van der Waals surface area (Å²) >= 11 is 1.41. The van der Waals surface area contributed by atoms with Crippen molar-refractivity contribution in [3.05, 3.63) is 36.4 Å². The van der Waals surface area contributed by atoms with Gasteiger partial charge >= 0.3 is 0 Å². The zero-order valence-corrected chi connectivity index (χ0v) is 12.4. The average molecular weight is 301 g/mol. The lowest BCUT2D eigenvalue weighted by Gasteiger charge is -2.05. The van der Waals surface area contributed by atoms with E-state index < -0.39 is 0 Å². The van der Waals surface area contributed by atoms with Crippen LogP contribution in [0.5, 0.6) is 0 Å². The van der Waals surface area contributed by atoms with Crippen molar-refractivity contribution in [2.24, 2.45) is 0 Å². The van der Waals surface area contributed by atoms with E-state index in [0.29, 0.717) is 10.8 Å². The Labute approximate surface area is 125 Å². The summed E-state index contributed by atoms with van der Waals surface area (Å²) in [5, 5.41) is 3.40. The SMILES string of the molecule is CCc1nccn1CC(=O)Nc1nc2ccc(N)cc2s1. The molecule has 3 aromatic rings. The molecule has 0 aliphatic heterocycles. The molecule has 0 aliphatic carbocycles. The minimum Gasteiger partial charge on any atom is -0.399 e. The number of nitrogens with two attached hydrogens (primary N) is 1. The number of hydrogen-bond donors (Lipinski definition) is 2. The van der Waals surface area contributed by atoms with Gasteiger partial charge in [0.05, 0.1) is 10.2 Å². The highest BCUT2D eigenvalue weighted by Crippen LogP contribution is 2.27. The molecule has 3 N–H and O–H groups in total. The number of hydrogen-bond acceptors (Lipinski definition) is 5. The summed E-state index contributed by atoms with van der Waals surface area (Å²) in [7, 11) is 0. The van der Waals surface area contributed by atoms with E-state index in [1.165, 1.54) is 11.3 Å². The number of carbonyl (C=O) groups excluding carboxylic acids is 1. The number of carbonyl (C=O) groups is 1. The van der Waals surface area contributed by atoms with Crippen molar-refractivity contribution < 1.29 is 4.79 Å². The van der Waals surface area contributed by atoms with Crippen LogP contribution in [0.3, 0.4) is 0 Å².